The third-order valence-corrected chi connectivity index (χ3v) is 2.20. The molecule has 0 aliphatic rings. The lowest BCUT2D eigenvalue weighted by atomic mass is 10.5. The highest BCUT2D eigenvalue weighted by Crippen LogP contribution is 1.98. The zero-order valence-electron chi connectivity index (χ0n) is 13.2. The number of carbonyl (C=O) groups is 3. The lowest BCUT2D eigenvalue weighted by Gasteiger charge is -1.79. The first kappa shape index (κ1) is 27.9. The third kappa shape index (κ3) is 10.5. The molecule has 0 radical (unpaired) electrons. The Hall–Kier alpha value is -3.96. The Morgan fingerprint density at radius 1 is 0.556 bits per heavy atom. The van der Waals surface area contributed by atoms with E-state index in [2.05, 4.69) is 13.3 Å². The van der Waals surface area contributed by atoms with Gasteiger partial charge in [0.2, 0.25) is 17.3 Å². The highest BCUT2D eigenvalue weighted by atomic mass is 19.0. The predicted octanol–water partition coefficient (Wildman–Crippen LogP) is 3.39. The van der Waals surface area contributed by atoms with Crippen molar-refractivity contribution in [2.75, 3.05) is 0 Å². The molecule has 12 heteroatoms. The molecule has 0 bridgehead atoms. The van der Waals surface area contributed by atoms with Gasteiger partial charge in [-0.1, -0.05) is 0 Å². The fraction of sp³-hybridized carbons (Fsp3) is 0. The summed E-state index contributed by atoms with van der Waals surface area (Å²) in [5.74, 6) is -3.17. The number of aromatic carboxylic acids is 3. The second-order valence-corrected chi connectivity index (χ2v) is 3.85. The summed E-state index contributed by atoms with van der Waals surface area (Å²) < 4.78 is 13.5. The van der Waals surface area contributed by atoms with Gasteiger partial charge in [0.25, 0.3) is 0 Å². The smallest absolute Gasteiger partial charge is 0.371 e. The molecule has 0 unspecified atom stereocenters. The monoisotopic (exact) mass is 396 g/mol. The Kier molecular flexibility index (Phi) is 14.9. The second-order valence-electron chi connectivity index (χ2n) is 3.85. The summed E-state index contributed by atoms with van der Waals surface area (Å²) in [5, 5.41) is 24.5. The van der Waals surface area contributed by atoms with Crippen LogP contribution in [-0.4, -0.2) is 33.2 Å². The Morgan fingerprint density at radius 3 is 0.852 bits per heavy atom. The van der Waals surface area contributed by atoms with E-state index in [9.17, 15) is 14.4 Å². The maximum absolute atomic E-state index is 9.97. The van der Waals surface area contributed by atoms with Crippen molar-refractivity contribution in [3.63, 3.8) is 0 Å². The van der Waals surface area contributed by atoms with Gasteiger partial charge in [0.1, 0.15) is 0 Å². The molecule has 0 amide bonds. The number of furan rings is 3. The fourth-order valence-electron chi connectivity index (χ4n) is 1.20. The molecule has 9 nitrogen and oxygen atoms in total. The summed E-state index contributed by atoms with van der Waals surface area (Å²) in [7, 11) is 0. The summed E-state index contributed by atoms with van der Waals surface area (Å²) in [6, 6.07) is 8.77. The SMILES string of the molecule is F.F.F.O=C(O)c1ccco1.O=C(O)c1ccco1.O=C(O)c1ccco1. The number of halogens is 3. The number of rotatable bonds is 3. The van der Waals surface area contributed by atoms with Gasteiger partial charge in [-0.15, -0.1) is 0 Å². The standard InChI is InChI=1S/3C5H4O3.3FH/c3*6-5(7)4-2-1-3-8-4;;;/h3*1-3H,(H,6,7);3*1H. The van der Waals surface area contributed by atoms with E-state index in [-0.39, 0.29) is 31.4 Å². The molecule has 3 aromatic heterocycles. The second kappa shape index (κ2) is 14.4. The zero-order chi connectivity index (χ0) is 17.9. The lowest BCUT2D eigenvalue weighted by molar-refractivity contribution is 0.0652. The molecular formula is C15H15F3O9. The van der Waals surface area contributed by atoms with E-state index in [1.807, 2.05) is 0 Å². The first-order valence-electron chi connectivity index (χ1n) is 6.22. The summed E-state index contributed by atoms with van der Waals surface area (Å²) >= 11 is 0. The molecule has 0 aliphatic carbocycles. The Labute approximate surface area is 148 Å². The van der Waals surface area contributed by atoms with E-state index in [0.717, 1.165) is 0 Å². The Morgan fingerprint density at radius 2 is 0.778 bits per heavy atom. The van der Waals surface area contributed by atoms with Crippen molar-refractivity contribution in [2.45, 2.75) is 0 Å². The topological polar surface area (TPSA) is 151 Å². The van der Waals surface area contributed by atoms with Crippen LogP contribution in [0.3, 0.4) is 0 Å². The van der Waals surface area contributed by atoms with Crippen LogP contribution in [0, 0.1) is 0 Å². The van der Waals surface area contributed by atoms with Crippen molar-refractivity contribution < 1.29 is 57.1 Å². The van der Waals surface area contributed by atoms with Crippen LogP contribution in [0.5, 0.6) is 0 Å². The van der Waals surface area contributed by atoms with Crippen LogP contribution in [0.4, 0.5) is 14.1 Å². The maximum Gasteiger partial charge on any atom is 0.371 e. The van der Waals surface area contributed by atoms with Crippen LogP contribution in [0.1, 0.15) is 31.7 Å². The minimum atomic E-state index is -1.03. The van der Waals surface area contributed by atoms with Crippen molar-refractivity contribution in [3.8, 4) is 0 Å². The van der Waals surface area contributed by atoms with Gasteiger partial charge in [-0.2, -0.15) is 0 Å². The van der Waals surface area contributed by atoms with Crippen molar-refractivity contribution in [2.24, 2.45) is 0 Å². The molecule has 0 spiro atoms. The third-order valence-electron chi connectivity index (χ3n) is 2.20. The van der Waals surface area contributed by atoms with Gasteiger partial charge in [0, 0.05) is 0 Å². The van der Waals surface area contributed by atoms with Gasteiger partial charge < -0.3 is 28.6 Å². The van der Waals surface area contributed by atoms with Gasteiger partial charge in [-0.3, -0.25) is 14.1 Å². The molecule has 3 heterocycles. The van der Waals surface area contributed by atoms with Gasteiger partial charge in [-0.25, -0.2) is 14.4 Å². The van der Waals surface area contributed by atoms with Crippen LogP contribution >= 0.6 is 0 Å². The summed E-state index contributed by atoms with van der Waals surface area (Å²) in [6.07, 6.45) is 3.97. The van der Waals surface area contributed by atoms with Gasteiger partial charge in [0.05, 0.1) is 18.8 Å². The van der Waals surface area contributed by atoms with Crippen molar-refractivity contribution in [1.29, 1.82) is 0 Å². The Balaban J connectivity index is -0.000000303. The van der Waals surface area contributed by atoms with E-state index in [4.69, 9.17) is 15.3 Å². The normalized spacial score (nSPS) is 8.00. The molecule has 150 valence electrons. The van der Waals surface area contributed by atoms with Gasteiger partial charge >= 0.3 is 17.9 Å². The largest absolute Gasteiger partial charge is 0.475 e. The van der Waals surface area contributed by atoms with E-state index in [1.54, 1.807) is 0 Å². The predicted molar refractivity (Wildman–Crippen MR) is 84.5 cm³/mol. The van der Waals surface area contributed by atoms with E-state index >= 15 is 0 Å². The highest BCUT2D eigenvalue weighted by molar-refractivity contribution is 5.84. The van der Waals surface area contributed by atoms with Gasteiger partial charge in [0.15, 0.2) is 0 Å². The molecule has 0 atom stereocenters. The molecule has 0 fully saturated rings. The molecule has 3 aromatic rings. The molecule has 3 rings (SSSR count). The van der Waals surface area contributed by atoms with E-state index in [1.165, 1.54) is 55.2 Å². The van der Waals surface area contributed by atoms with Crippen LogP contribution in [0.15, 0.2) is 68.4 Å². The number of hydrogen-bond acceptors (Lipinski definition) is 6. The zero-order valence-corrected chi connectivity index (χ0v) is 13.2. The number of hydrogen-bond donors (Lipinski definition) is 3. The summed E-state index contributed by atoms with van der Waals surface area (Å²) in [4.78, 5) is 29.9. The first-order chi connectivity index (χ1) is 11.4. The number of carboxylic acids is 3. The molecule has 27 heavy (non-hydrogen) atoms. The van der Waals surface area contributed by atoms with Crippen LogP contribution in [0.25, 0.3) is 0 Å². The van der Waals surface area contributed by atoms with E-state index in [0.29, 0.717) is 0 Å². The minimum absolute atomic E-state index is 0. The molecular weight excluding hydrogens is 381 g/mol. The van der Waals surface area contributed by atoms with Crippen LogP contribution in [0.2, 0.25) is 0 Å². The average molecular weight is 396 g/mol. The fourth-order valence-corrected chi connectivity index (χ4v) is 1.20. The first-order valence-corrected chi connectivity index (χ1v) is 6.22. The molecule has 0 saturated heterocycles. The van der Waals surface area contributed by atoms with Gasteiger partial charge in [-0.05, 0) is 36.4 Å². The van der Waals surface area contributed by atoms with Crippen molar-refractivity contribution in [1.82, 2.24) is 0 Å². The van der Waals surface area contributed by atoms with Crippen LogP contribution < -0.4 is 0 Å². The Bertz CT molecular complexity index is 645. The highest BCUT2D eigenvalue weighted by Gasteiger charge is 2.03. The molecule has 0 aromatic carbocycles. The number of carboxylic acid groups (broad SMARTS) is 3. The van der Waals surface area contributed by atoms with Crippen molar-refractivity contribution in [3.05, 3.63) is 72.5 Å². The maximum atomic E-state index is 9.97. The quantitative estimate of drug-likeness (QED) is 0.605. The lowest BCUT2D eigenvalue weighted by Crippen LogP contribution is -1.90. The van der Waals surface area contributed by atoms with E-state index < -0.39 is 17.9 Å². The molecule has 0 aliphatic heterocycles. The summed E-state index contributed by atoms with van der Waals surface area (Å²) in [6.45, 7) is 0. The average Bonchev–Trinajstić information content (AvgIpc) is 3.29. The molecule has 0 saturated carbocycles. The summed E-state index contributed by atoms with van der Waals surface area (Å²) in [5.41, 5.74) is 0. The van der Waals surface area contributed by atoms with Crippen molar-refractivity contribution >= 4 is 17.9 Å². The van der Waals surface area contributed by atoms with Crippen LogP contribution in [-0.2, 0) is 0 Å². The minimum Gasteiger partial charge on any atom is -0.475 e. The molecule has 3 N–H and O–H groups in total.